The standard InChI is InChI=1S/C21H28N2O5/c1-2-3-4-5-6-7-8-14-26-23-16-10-9-11-17-18(16)15(12-13-22)19(23)28-21(25)20(24)27-17/h9-11H,2-8,12-14,22H2,1H3. The number of aromatic nitrogens is 1. The average Bonchev–Trinajstić information content (AvgIpc) is 2.98. The summed E-state index contributed by atoms with van der Waals surface area (Å²) in [6.45, 7) is 3.06. The van der Waals surface area contributed by atoms with Crippen LogP contribution in [0.3, 0.4) is 0 Å². The van der Waals surface area contributed by atoms with Crippen molar-refractivity contribution in [3.05, 3.63) is 23.8 Å². The predicted octanol–water partition coefficient (Wildman–Crippen LogP) is 3.15. The lowest BCUT2D eigenvalue weighted by atomic mass is 10.1. The number of rotatable bonds is 11. The highest BCUT2D eigenvalue weighted by molar-refractivity contribution is 6.31. The Morgan fingerprint density at radius 3 is 2.46 bits per heavy atom. The minimum atomic E-state index is -1.07. The van der Waals surface area contributed by atoms with Gasteiger partial charge in [0.25, 0.3) is 0 Å². The van der Waals surface area contributed by atoms with E-state index in [1.807, 2.05) is 6.07 Å². The Bertz CT molecular complexity index is 843. The number of ether oxygens (including phenoxy) is 2. The Kier molecular flexibility index (Phi) is 6.92. The summed E-state index contributed by atoms with van der Waals surface area (Å²) in [4.78, 5) is 29.9. The zero-order chi connectivity index (χ0) is 19.9. The van der Waals surface area contributed by atoms with Crippen molar-refractivity contribution in [2.24, 2.45) is 5.73 Å². The molecule has 0 saturated heterocycles. The zero-order valence-corrected chi connectivity index (χ0v) is 16.4. The van der Waals surface area contributed by atoms with Gasteiger partial charge in [-0.3, -0.25) is 0 Å². The van der Waals surface area contributed by atoms with Gasteiger partial charge in [0, 0.05) is 5.56 Å². The number of fused-ring (bicyclic) bond motifs is 1. The number of nitrogens with zero attached hydrogens (tertiary/aromatic N) is 1. The van der Waals surface area contributed by atoms with Gasteiger partial charge in [0.1, 0.15) is 12.4 Å². The number of benzene rings is 1. The molecule has 0 aliphatic carbocycles. The summed E-state index contributed by atoms with van der Waals surface area (Å²) >= 11 is 0. The summed E-state index contributed by atoms with van der Waals surface area (Å²) in [5, 5.41) is 0.698. The van der Waals surface area contributed by atoms with Crippen molar-refractivity contribution in [1.82, 2.24) is 4.73 Å². The first-order chi connectivity index (χ1) is 13.7. The van der Waals surface area contributed by atoms with E-state index in [0.29, 0.717) is 41.8 Å². The lowest BCUT2D eigenvalue weighted by molar-refractivity contribution is -0.156. The molecular weight excluding hydrogens is 360 g/mol. The van der Waals surface area contributed by atoms with Gasteiger partial charge in [-0.15, -0.1) is 4.73 Å². The molecule has 1 aromatic carbocycles. The summed E-state index contributed by atoms with van der Waals surface area (Å²) < 4.78 is 12.0. The topological polar surface area (TPSA) is 92.8 Å². The molecule has 2 N–H and O–H groups in total. The molecule has 2 bridgehead atoms. The first-order valence-corrected chi connectivity index (χ1v) is 10.1. The molecule has 1 aliphatic rings. The molecule has 0 spiro atoms. The van der Waals surface area contributed by atoms with Gasteiger partial charge in [-0.1, -0.05) is 45.1 Å². The molecule has 7 heteroatoms. The van der Waals surface area contributed by atoms with Crippen LogP contribution in [-0.4, -0.2) is 29.8 Å². The average molecular weight is 388 g/mol. The fourth-order valence-electron chi connectivity index (χ4n) is 3.51. The number of hydrogen-bond donors (Lipinski definition) is 1. The quantitative estimate of drug-likeness (QED) is 0.275. The molecule has 2 heterocycles. The van der Waals surface area contributed by atoms with Crippen molar-refractivity contribution < 1.29 is 23.9 Å². The van der Waals surface area contributed by atoms with Crippen molar-refractivity contribution in [2.75, 3.05) is 13.2 Å². The largest absolute Gasteiger partial charge is 0.424 e. The zero-order valence-electron chi connectivity index (χ0n) is 16.4. The fourth-order valence-corrected chi connectivity index (χ4v) is 3.51. The van der Waals surface area contributed by atoms with Gasteiger partial charge in [-0.2, -0.15) is 0 Å². The van der Waals surface area contributed by atoms with Crippen LogP contribution in [0.2, 0.25) is 0 Å². The van der Waals surface area contributed by atoms with Crippen LogP contribution < -0.4 is 20.0 Å². The van der Waals surface area contributed by atoms with Crippen LogP contribution in [0.5, 0.6) is 11.6 Å². The Morgan fingerprint density at radius 2 is 1.71 bits per heavy atom. The second-order valence-corrected chi connectivity index (χ2v) is 7.00. The maximum absolute atomic E-state index is 12.0. The Hall–Kier alpha value is -2.54. The number of carbonyl (C=O) groups is 2. The molecule has 0 saturated carbocycles. The van der Waals surface area contributed by atoms with Gasteiger partial charge in [-0.05, 0) is 37.9 Å². The highest BCUT2D eigenvalue weighted by Gasteiger charge is 2.31. The van der Waals surface area contributed by atoms with Gasteiger partial charge in [-0.25, -0.2) is 9.59 Å². The molecule has 0 amide bonds. The van der Waals surface area contributed by atoms with Gasteiger partial charge in [0.05, 0.1) is 10.9 Å². The highest BCUT2D eigenvalue weighted by atomic mass is 16.7. The third kappa shape index (κ3) is 4.30. The second kappa shape index (κ2) is 9.59. The molecular formula is C21H28N2O5. The normalized spacial score (nSPS) is 13.4. The number of carbonyl (C=O) groups excluding carboxylic acids is 2. The predicted molar refractivity (Wildman–Crippen MR) is 105 cm³/mol. The number of esters is 2. The lowest BCUT2D eigenvalue weighted by Crippen LogP contribution is -2.28. The summed E-state index contributed by atoms with van der Waals surface area (Å²) in [6, 6.07) is 5.26. The maximum atomic E-state index is 12.0. The Labute approximate surface area is 164 Å². The smallest absolute Gasteiger partial charge is 0.417 e. The van der Waals surface area contributed by atoms with Crippen molar-refractivity contribution in [3.63, 3.8) is 0 Å². The second-order valence-electron chi connectivity index (χ2n) is 7.00. The molecule has 7 nitrogen and oxygen atoms in total. The van der Waals surface area contributed by atoms with Gasteiger partial charge in [0.2, 0.25) is 5.88 Å². The minimum absolute atomic E-state index is 0.220. The lowest BCUT2D eigenvalue weighted by Gasteiger charge is -2.13. The summed E-state index contributed by atoms with van der Waals surface area (Å²) in [6.07, 6.45) is 8.69. The van der Waals surface area contributed by atoms with Gasteiger partial charge >= 0.3 is 11.9 Å². The van der Waals surface area contributed by atoms with Crippen LogP contribution in [0.25, 0.3) is 10.9 Å². The third-order valence-electron chi connectivity index (χ3n) is 4.89. The molecule has 152 valence electrons. The minimum Gasteiger partial charge on any atom is -0.417 e. The van der Waals surface area contributed by atoms with E-state index in [1.54, 1.807) is 12.1 Å². The Balaban J connectivity index is 1.78. The molecule has 0 atom stereocenters. The summed E-state index contributed by atoms with van der Waals surface area (Å²) in [5.41, 5.74) is 7.16. The van der Waals surface area contributed by atoms with E-state index in [0.717, 1.165) is 12.8 Å². The molecule has 28 heavy (non-hydrogen) atoms. The van der Waals surface area contributed by atoms with Crippen molar-refractivity contribution in [3.8, 4) is 11.6 Å². The van der Waals surface area contributed by atoms with E-state index in [4.69, 9.17) is 20.0 Å². The van der Waals surface area contributed by atoms with E-state index >= 15 is 0 Å². The molecule has 3 rings (SSSR count). The molecule has 0 radical (unpaired) electrons. The molecule has 0 unspecified atom stereocenters. The van der Waals surface area contributed by atoms with Crippen LogP contribution in [0.4, 0.5) is 0 Å². The Morgan fingerprint density at radius 1 is 1.00 bits per heavy atom. The van der Waals surface area contributed by atoms with Crippen LogP contribution >= 0.6 is 0 Å². The van der Waals surface area contributed by atoms with E-state index in [-0.39, 0.29) is 5.88 Å². The highest BCUT2D eigenvalue weighted by Crippen LogP contribution is 2.39. The van der Waals surface area contributed by atoms with Crippen LogP contribution in [-0.2, 0) is 16.0 Å². The van der Waals surface area contributed by atoms with Crippen LogP contribution in [0, 0.1) is 0 Å². The van der Waals surface area contributed by atoms with E-state index in [2.05, 4.69) is 6.92 Å². The summed E-state index contributed by atoms with van der Waals surface area (Å²) in [5.74, 6) is -1.57. The molecule has 2 aromatic rings. The number of nitrogens with two attached hydrogens (primary N) is 1. The van der Waals surface area contributed by atoms with Crippen molar-refractivity contribution in [1.29, 1.82) is 0 Å². The molecule has 0 fully saturated rings. The summed E-state index contributed by atoms with van der Waals surface area (Å²) in [7, 11) is 0. The maximum Gasteiger partial charge on any atom is 0.424 e. The first kappa shape index (κ1) is 20.2. The SMILES string of the molecule is CCCCCCCCCOn1c2c(CCN)c3c(cccc31)OC(=O)C(=O)O2. The molecule has 1 aromatic heterocycles. The molecule has 1 aliphatic heterocycles. The van der Waals surface area contributed by atoms with Crippen LogP contribution in [0.1, 0.15) is 57.4 Å². The monoisotopic (exact) mass is 388 g/mol. The van der Waals surface area contributed by atoms with Crippen molar-refractivity contribution in [2.45, 2.75) is 58.3 Å². The van der Waals surface area contributed by atoms with Gasteiger partial charge in [0.15, 0.2) is 0 Å². The third-order valence-corrected chi connectivity index (χ3v) is 4.89. The van der Waals surface area contributed by atoms with E-state index < -0.39 is 11.9 Å². The van der Waals surface area contributed by atoms with Crippen LogP contribution in [0.15, 0.2) is 18.2 Å². The van der Waals surface area contributed by atoms with Gasteiger partial charge < -0.3 is 20.0 Å². The van der Waals surface area contributed by atoms with E-state index in [9.17, 15) is 9.59 Å². The number of hydrogen-bond acceptors (Lipinski definition) is 6. The van der Waals surface area contributed by atoms with E-state index in [1.165, 1.54) is 36.8 Å². The fraction of sp³-hybridized carbons (Fsp3) is 0.524. The number of unbranched alkanes of at least 4 members (excludes halogenated alkanes) is 6. The first-order valence-electron chi connectivity index (χ1n) is 10.1. The van der Waals surface area contributed by atoms with Crippen molar-refractivity contribution >= 4 is 22.8 Å².